The molecule has 1 heterocycles. The highest BCUT2D eigenvalue weighted by molar-refractivity contribution is 6.04. The van der Waals surface area contributed by atoms with Gasteiger partial charge in [0.05, 0.1) is 11.9 Å². The van der Waals surface area contributed by atoms with E-state index in [2.05, 4.69) is 15.6 Å². The van der Waals surface area contributed by atoms with E-state index in [1.165, 1.54) is 32.6 Å². The van der Waals surface area contributed by atoms with Gasteiger partial charge in [-0.25, -0.2) is 4.98 Å². The average molecular weight is 323 g/mol. The molecule has 2 aromatic rings. The molecule has 1 aliphatic carbocycles. The number of anilines is 2. The number of amides is 1. The number of nitrogens with zero attached hydrogens (tertiary/aromatic N) is 1. The summed E-state index contributed by atoms with van der Waals surface area (Å²) in [6.07, 6.45) is 6.61. The molecule has 124 valence electrons. The lowest BCUT2D eigenvalue weighted by atomic mass is 10.1. The zero-order chi connectivity index (χ0) is 16.9. The van der Waals surface area contributed by atoms with E-state index in [4.69, 9.17) is 0 Å². The maximum Gasteiger partial charge on any atom is 0.274 e. The number of nitrogens with one attached hydrogen (secondary N) is 2. The van der Waals surface area contributed by atoms with Crippen molar-refractivity contribution in [2.45, 2.75) is 38.6 Å². The summed E-state index contributed by atoms with van der Waals surface area (Å²) < 4.78 is 0. The number of ketones is 1. The molecule has 0 saturated heterocycles. The summed E-state index contributed by atoms with van der Waals surface area (Å²) in [4.78, 5) is 27.9. The summed E-state index contributed by atoms with van der Waals surface area (Å²) in [7, 11) is 0. The number of aromatic nitrogens is 1. The van der Waals surface area contributed by atoms with Crippen molar-refractivity contribution < 1.29 is 9.59 Å². The molecule has 5 nitrogen and oxygen atoms in total. The average Bonchev–Trinajstić information content (AvgIpc) is 3.08. The van der Waals surface area contributed by atoms with Crippen LogP contribution >= 0.6 is 0 Å². The summed E-state index contributed by atoms with van der Waals surface area (Å²) in [5.41, 5.74) is 2.44. The van der Waals surface area contributed by atoms with E-state index in [1.807, 2.05) is 6.07 Å². The van der Waals surface area contributed by atoms with Gasteiger partial charge >= 0.3 is 0 Å². The molecule has 24 heavy (non-hydrogen) atoms. The van der Waals surface area contributed by atoms with E-state index < -0.39 is 0 Å². The Morgan fingerprint density at radius 1 is 1.08 bits per heavy atom. The van der Waals surface area contributed by atoms with Gasteiger partial charge in [-0.1, -0.05) is 25.0 Å². The zero-order valence-corrected chi connectivity index (χ0v) is 13.7. The maximum absolute atomic E-state index is 12.3. The Bertz CT molecular complexity index is 735. The van der Waals surface area contributed by atoms with Gasteiger partial charge in [0.1, 0.15) is 5.69 Å². The summed E-state index contributed by atoms with van der Waals surface area (Å²) in [5.74, 6) is -0.324. The minimum Gasteiger partial charge on any atom is -0.381 e. The third-order valence-corrected chi connectivity index (χ3v) is 4.25. The standard InChI is InChI=1S/C19H21N3O2/c1-13(23)14-5-4-8-16(11-14)22-19(24)18-10-9-17(12-20-18)21-15-6-2-3-7-15/h4-5,8-12,15,21H,2-3,6-7H2,1H3,(H,22,24). The van der Waals surface area contributed by atoms with E-state index >= 15 is 0 Å². The molecule has 1 saturated carbocycles. The Labute approximate surface area is 141 Å². The van der Waals surface area contributed by atoms with E-state index in [0.29, 0.717) is 23.0 Å². The lowest BCUT2D eigenvalue weighted by Crippen LogP contribution is -2.16. The molecule has 0 bridgehead atoms. The minimum atomic E-state index is -0.289. The van der Waals surface area contributed by atoms with Crippen LogP contribution in [0.2, 0.25) is 0 Å². The second-order valence-electron chi connectivity index (χ2n) is 6.15. The van der Waals surface area contributed by atoms with Crippen LogP contribution < -0.4 is 10.6 Å². The number of rotatable bonds is 5. The fourth-order valence-electron chi connectivity index (χ4n) is 2.93. The molecular formula is C19H21N3O2. The smallest absolute Gasteiger partial charge is 0.274 e. The quantitative estimate of drug-likeness (QED) is 0.819. The molecule has 3 rings (SSSR count). The van der Waals surface area contributed by atoms with Crippen LogP contribution in [0.1, 0.15) is 53.5 Å². The van der Waals surface area contributed by atoms with Crippen LogP contribution in [0.25, 0.3) is 0 Å². The van der Waals surface area contributed by atoms with Crippen molar-refractivity contribution in [3.8, 4) is 0 Å². The van der Waals surface area contributed by atoms with Gasteiger partial charge in [0.2, 0.25) is 0 Å². The van der Waals surface area contributed by atoms with Crippen LogP contribution in [0.5, 0.6) is 0 Å². The molecule has 5 heteroatoms. The molecule has 0 atom stereocenters. The summed E-state index contributed by atoms with van der Waals surface area (Å²) in [5, 5.41) is 6.22. The highest BCUT2D eigenvalue weighted by atomic mass is 16.2. The number of hydrogen-bond acceptors (Lipinski definition) is 4. The molecule has 1 amide bonds. The van der Waals surface area contributed by atoms with Crippen molar-refractivity contribution >= 4 is 23.1 Å². The Morgan fingerprint density at radius 2 is 1.88 bits per heavy atom. The number of hydrogen-bond donors (Lipinski definition) is 2. The van der Waals surface area contributed by atoms with Gasteiger partial charge < -0.3 is 10.6 Å². The van der Waals surface area contributed by atoms with Crippen molar-refractivity contribution in [3.05, 3.63) is 53.9 Å². The molecule has 0 aliphatic heterocycles. The van der Waals surface area contributed by atoms with Gasteiger partial charge in [-0.05, 0) is 44.0 Å². The lowest BCUT2D eigenvalue weighted by molar-refractivity contribution is 0.100. The van der Waals surface area contributed by atoms with E-state index in [-0.39, 0.29) is 11.7 Å². The number of Topliss-reactive ketones (excluding diaryl/α,β-unsaturated/α-hetero) is 1. The SMILES string of the molecule is CC(=O)c1cccc(NC(=O)c2ccc(NC3CCCC3)cn2)c1. The van der Waals surface area contributed by atoms with Crippen molar-refractivity contribution in [1.82, 2.24) is 4.98 Å². The second kappa shape index (κ2) is 7.25. The number of benzene rings is 1. The first-order valence-electron chi connectivity index (χ1n) is 8.27. The topological polar surface area (TPSA) is 71.1 Å². The van der Waals surface area contributed by atoms with Crippen molar-refractivity contribution in [3.63, 3.8) is 0 Å². The van der Waals surface area contributed by atoms with Gasteiger partial charge in [-0.15, -0.1) is 0 Å². The largest absolute Gasteiger partial charge is 0.381 e. The van der Waals surface area contributed by atoms with E-state index in [9.17, 15) is 9.59 Å². The molecule has 1 aliphatic rings. The van der Waals surface area contributed by atoms with Gasteiger partial charge in [0, 0.05) is 17.3 Å². The lowest BCUT2D eigenvalue weighted by Gasteiger charge is -2.13. The fourth-order valence-corrected chi connectivity index (χ4v) is 2.93. The monoisotopic (exact) mass is 323 g/mol. The molecule has 1 fully saturated rings. The third-order valence-electron chi connectivity index (χ3n) is 4.25. The van der Waals surface area contributed by atoms with Crippen LogP contribution in [0.4, 0.5) is 11.4 Å². The van der Waals surface area contributed by atoms with Gasteiger partial charge in [0.15, 0.2) is 5.78 Å². The molecule has 0 radical (unpaired) electrons. The molecule has 0 spiro atoms. The van der Waals surface area contributed by atoms with Gasteiger partial charge in [-0.3, -0.25) is 9.59 Å². The van der Waals surface area contributed by atoms with Crippen LogP contribution in [0.3, 0.4) is 0 Å². The van der Waals surface area contributed by atoms with Crippen molar-refractivity contribution in [1.29, 1.82) is 0 Å². The first-order valence-corrected chi connectivity index (χ1v) is 8.27. The number of carbonyl (C=O) groups excluding carboxylic acids is 2. The second-order valence-corrected chi connectivity index (χ2v) is 6.15. The summed E-state index contributed by atoms with van der Waals surface area (Å²) >= 11 is 0. The van der Waals surface area contributed by atoms with Crippen LogP contribution in [-0.4, -0.2) is 22.7 Å². The molecule has 1 aromatic carbocycles. The Morgan fingerprint density at radius 3 is 2.54 bits per heavy atom. The molecular weight excluding hydrogens is 302 g/mol. The highest BCUT2D eigenvalue weighted by Crippen LogP contribution is 2.22. The maximum atomic E-state index is 12.3. The zero-order valence-electron chi connectivity index (χ0n) is 13.7. The first-order chi connectivity index (χ1) is 11.6. The molecule has 0 unspecified atom stereocenters. The Hall–Kier alpha value is -2.69. The predicted octanol–water partition coefficient (Wildman–Crippen LogP) is 3.89. The number of carbonyl (C=O) groups is 2. The summed E-state index contributed by atoms with van der Waals surface area (Å²) in [6.45, 7) is 1.50. The van der Waals surface area contributed by atoms with Crippen LogP contribution in [0, 0.1) is 0 Å². The number of pyridine rings is 1. The third kappa shape index (κ3) is 3.98. The highest BCUT2D eigenvalue weighted by Gasteiger charge is 2.15. The van der Waals surface area contributed by atoms with Crippen molar-refractivity contribution in [2.75, 3.05) is 10.6 Å². The van der Waals surface area contributed by atoms with Gasteiger partial charge in [0.25, 0.3) is 5.91 Å². The van der Waals surface area contributed by atoms with E-state index in [0.717, 1.165) is 5.69 Å². The van der Waals surface area contributed by atoms with E-state index in [1.54, 1.807) is 36.5 Å². The summed E-state index contributed by atoms with van der Waals surface area (Å²) in [6, 6.07) is 11.0. The Kier molecular flexibility index (Phi) is 4.89. The Balaban J connectivity index is 1.64. The molecule has 2 N–H and O–H groups in total. The van der Waals surface area contributed by atoms with Crippen molar-refractivity contribution in [2.24, 2.45) is 0 Å². The van der Waals surface area contributed by atoms with Gasteiger partial charge in [-0.2, -0.15) is 0 Å². The molecule has 1 aromatic heterocycles. The fraction of sp³-hybridized carbons (Fsp3) is 0.316. The van der Waals surface area contributed by atoms with Crippen LogP contribution in [0.15, 0.2) is 42.6 Å². The predicted molar refractivity (Wildman–Crippen MR) is 94.5 cm³/mol. The normalized spacial score (nSPS) is 14.4. The van der Waals surface area contributed by atoms with Crippen LogP contribution in [-0.2, 0) is 0 Å². The first kappa shape index (κ1) is 16.2. The minimum absolute atomic E-state index is 0.0356.